The summed E-state index contributed by atoms with van der Waals surface area (Å²) in [6.07, 6.45) is 2.80. The normalized spacial score (nSPS) is 10.3. The minimum Gasteiger partial charge on any atom is -0.370 e. The summed E-state index contributed by atoms with van der Waals surface area (Å²) < 4.78 is 0. The molecule has 6 heteroatoms. The molecule has 0 saturated carbocycles. The Morgan fingerprint density at radius 3 is 2.95 bits per heavy atom. The van der Waals surface area contributed by atoms with Crippen molar-refractivity contribution < 1.29 is 4.79 Å². The zero-order chi connectivity index (χ0) is 14.4. The first-order valence-corrected chi connectivity index (χ1v) is 7.41. The zero-order valence-corrected chi connectivity index (χ0v) is 12.5. The van der Waals surface area contributed by atoms with Crippen molar-refractivity contribution in [3.05, 3.63) is 40.0 Å². The van der Waals surface area contributed by atoms with E-state index in [2.05, 4.69) is 27.5 Å². The van der Waals surface area contributed by atoms with Gasteiger partial charge in [0.25, 0.3) is 5.91 Å². The first-order valence-electron chi connectivity index (χ1n) is 6.59. The number of aryl methyl sites for hydroxylation is 1. The van der Waals surface area contributed by atoms with Gasteiger partial charge in [-0.2, -0.15) is 0 Å². The Bertz CT molecular complexity index is 582. The summed E-state index contributed by atoms with van der Waals surface area (Å²) in [7, 11) is 0. The van der Waals surface area contributed by atoms with Crippen molar-refractivity contribution in [2.45, 2.75) is 26.8 Å². The van der Waals surface area contributed by atoms with Crippen molar-refractivity contribution in [3.63, 3.8) is 0 Å². The summed E-state index contributed by atoms with van der Waals surface area (Å²) in [6.45, 7) is 5.36. The molecule has 0 aromatic carbocycles. The van der Waals surface area contributed by atoms with E-state index >= 15 is 0 Å². The van der Waals surface area contributed by atoms with E-state index in [0.717, 1.165) is 28.7 Å². The Kier molecular flexibility index (Phi) is 5.06. The number of nitrogens with one attached hydrogen (secondary N) is 2. The molecule has 0 saturated heterocycles. The molecular weight excluding hydrogens is 272 g/mol. The van der Waals surface area contributed by atoms with E-state index in [1.165, 1.54) is 0 Å². The molecule has 0 unspecified atom stereocenters. The molecule has 2 aromatic rings. The quantitative estimate of drug-likeness (QED) is 0.858. The van der Waals surface area contributed by atoms with Crippen LogP contribution in [0.1, 0.15) is 33.7 Å². The van der Waals surface area contributed by atoms with Gasteiger partial charge >= 0.3 is 0 Å². The predicted octanol–water partition coefficient (Wildman–Crippen LogP) is 2.60. The number of hydrogen-bond donors (Lipinski definition) is 2. The lowest BCUT2D eigenvalue weighted by Crippen LogP contribution is -2.23. The molecular formula is C14H18N4OS. The molecule has 0 spiro atoms. The SMILES string of the molecule is CCCNc1cccc(C(=O)NCc2cnc(C)s2)n1. The second-order valence-electron chi connectivity index (χ2n) is 4.36. The van der Waals surface area contributed by atoms with Crippen LogP contribution < -0.4 is 10.6 Å². The van der Waals surface area contributed by atoms with Gasteiger partial charge in [0, 0.05) is 17.6 Å². The lowest BCUT2D eigenvalue weighted by Gasteiger charge is -2.06. The van der Waals surface area contributed by atoms with Gasteiger partial charge in [-0.05, 0) is 25.5 Å². The number of anilines is 1. The molecule has 2 rings (SSSR count). The van der Waals surface area contributed by atoms with E-state index in [1.54, 1.807) is 23.6 Å². The van der Waals surface area contributed by atoms with Gasteiger partial charge in [-0.3, -0.25) is 4.79 Å². The number of aromatic nitrogens is 2. The van der Waals surface area contributed by atoms with Crippen molar-refractivity contribution in [3.8, 4) is 0 Å². The van der Waals surface area contributed by atoms with Gasteiger partial charge in [0.2, 0.25) is 0 Å². The van der Waals surface area contributed by atoms with Crippen molar-refractivity contribution in [2.75, 3.05) is 11.9 Å². The average Bonchev–Trinajstić information content (AvgIpc) is 2.88. The maximum atomic E-state index is 12.0. The highest BCUT2D eigenvalue weighted by atomic mass is 32.1. The Balaban J connectivity index is 1.94. The maximum Gasteiger partial charge on any atom is 0.270 e. The first kappa shape index (κ1) is 14.5. The van der Waals surface area contributed by atoms with E-state index in [-0.39, 0.29) is 5.91 Å². The fraction of sp³-hybridized carbons (Fsp3) is 0.357. The Labute approximate surface area is 122 Å². The van der Waals surface area contributed by atoms with Crippen LogP contribution in [0.25, 0.3) is 0 Å². The number of amides is 1. The molecule has 0 atom stereocenters. The predicted molar refractivity (Wildman–Crippen MR) is 81.0 cm³/mol. The molecule has 20 heavy (non-hydrogen) atoms. The van der Waals surface area contributed by atoms with Crippen LogP contribution in [-0.4, -0.2) is 22.4 Å². The third-order valence-corrected chi connectivity index (χ3v) is 3.54. The van der Waals surface area contributed by atoms with Gasteiger partial charge in [-0.25, -0.2) is 9.97 Å². The number of rotatable bonds is 6. The zero-order valence-electron chi connectivity index (χ0n) is 11.6. The largest absolute Gasteiger partial charge is 0.370 e. The van der Waals surface area contributed by atoms with Crippen molar-refractivity contribution in [1.29, 1.82) is 0 Å². The topological polar surface area (TPSA) is 66.9 Å². The van der Waals surface area contributed by atoms with Crippen molar-refractivity contribution in [2.24, 2.45) is 0 Å². The molecule has 0 bridgehead atoms. The summed E-state index contributed by atoms with van der Waals surface area (Å²) in [5.74, 6) is 0.560. The third-order valence-electron chi connectivity index (χ3n) is 2.63. The fourth-order valence-electron chi connectivity index (χ4n) is 1.66. The van der Waals surface area contributed by atoms with E-state index in [1.807, 2.05) is 19.1 Å². The van der Waals surface area contributed by atoms with Gasteiger partial charge in [-0.15, -0.1) is 11.3 Å². The monoisotopic (exact) mass is 290 g/mol. The van der Waals surface area contributed by atoms with E-state index in [4.69, 9.17) is 0 Å². The van der Waals surface area contributed by atoms with E-state index in [9.17, 15) is 4.79 Å². The van der Waals surface area contributed by atoms with Crippen molar-refractivity contribution >= 4 is 23.1 Å². The molecule has 106 valence electrons. The molecule has 0 aliphatic heterocycles. The maximum absolute atomic E-state index is 12.0. The minimum atomic E-state index is -0.170. The first-order chi connectivity index (χ1) is 9.69. The summed E-state index contributed by atoms with van der Waals surface area (Å²) in [5, 5.41) is 7.02. The molecule has 2 N–H and O–H groups in total. The summed E-state index contributed by atoms with van der Waals surface area (Å²) in [4.78, 5) is 21.5. The van der Waals surface area contributed by atoms with Gasteiger partial charge in [0.05, 0.1) is 11.6 Å². The Morgan fingerprint density at radius 1 is 1.40 bits per heavy atom. The highest BCUT2D eigenvalue weighted by Gasteiger charge is 2.08. The highest BCUT2D eigenvalue weighted by Crippen LogP contribution is 2.11. The van der Waals surface area contributed by atoms with Crippen LogP contribution in [0.15, 0.2) is 24.4 Å². The second-order valence-corrected chi connectivity index (χ2v) is 5.68. The standard InChI is InChI=1S/C14H18N4OS/c1-3-7-15-13-6-4-5-12(18-13)14(19)17-9-11-8-16-10(2)20-11/h4-6,8H,3,7,9H2,1-2H3,(H,15,18)(H,17,19). The number of thiazole rings is 1. The summed E-state index contributed by atoms with van der Waals surface area (Å²) in [6, 6.07) is 5.40. The molecule has 0 aliphatic carbocycles. The van der Waals surface area contributed by atoms with Crippen molar-refractivity contribution in [1.82, 2.24) is 15.3 Å². The number of carbonyl (C=O) groups excluding carboxylic acids is 1. The smallest absolute Gasteiger partial charge is 0.270 e. The van der Waals surface area contributed by atoms with Gasteiger partial charge in [0.15, 0.2) is 0 Å². The molecule has 1 amide bonds. The summed E-state index contributed by atoms with van der Waals surface area (Å²) in [5.41, 5.74) is 0.423. The molecule has 0 radical (unpaired) electrons. The van der Waals surface area contributed by atoms with Crippen LogP contribution in [-0.2, 0) is 6.54 Å². The number of nitrogens with zero attached hydrogens (tertiary/aromatic N) is 2. The number of carbonyl (C=O) groups is 1. The molecule has 0 aliphatic rings. The lowest BCUT2D eigenvalue weighted by atomic mass is 10.3. The van der Waals surface area contributed by atoms with Crippen LogP contribution in [0, 0.1) is 6.92 Å². The van der Waals surface area contributed by atoms with E-state index < -0.39 is 0 Å². The summed E-state index contributed by atoms with van der Waals surface area (Å²) >= 11 is 1.58. The van der Waals surface area contributed by atoms with Gasteiger partial charge < -0.3 is 10.6 Å². The number of pyridine rings is 1. The van der Waals surface area contributed by atoms with Gasteiger partial charge in [-0.1, -0.05) is 13.0 Å². The third kappa shape index (κ3) is 4.03. The fourth-order valence-corrected chi connectivity index (χ4v) is 2.39. The lowest BCUT2D eigenvalue weighted by molar-refractivity contribution is 0.0946. The van der Waals surface area contributed by atoms with Crippen LogP contribution in [0.4, 0.5) is 5.82 Å². The highest BCUT2D eigenvalue weighted by molar-refractivity contribution is 7.11. The van der Waals surface area contributed by atoms with Crippen LogP contribution >= 0.6 is 11.3 Å². The van der Waals surface area contributed by atoms with Crippen LogP contribution in [0.5, 0.6) is 0 Å². The second kappa shape index (κ2) is 7.00. The van der Waals surface area contributed by atoms with Gasteiger partial charge in [0.1, 0.15) is 11.5 Å². The average molecular weight is 290 g/mol. The molecule has 2 heterocycles. The number of hydrogen-bond acceptors (Lipinski definition) is 5. The van der Waals surface area contributed by atoms with Crippen LogP contribution in [0.2, 0.25) is 0 Å². The van der Waals surface area contributed by atoms with Crippen LogP contribution in [0.3, 0.4) is 0 Å². The molecule has 0 fully saturated rings. The molecule has 5 nitrogen and oxygen atoms in total. The Hall–Kier alpha value is -1.95. The Morgan fingerprint density at radius 2 is 2.25 bits per heavy atom. The minimum absolute atomic E-state index is 0.170. The van der Waals surface area contributed by atoms with E-state index in [0.29, 0.717) is 12.2 Å². The molecule has 2 aromatic heterocycles.